The van der Waals surface area contributed by atoms with E-state index in [-0.39, 0.29) is 13.1 Å². The molecule has 146 valence electrons. The van der Waals surface area contributed by atoms with Crippen LogP contribution in [0.2, 0.25) is 0 Å². The summed E-state index contributed by atoms with van der Waals surface area (Å²) in [7, 11) is -3.90. The van der Waals surface area contributed by atoms with Crippen LogP contribution in [0.5, 0.6) is 0 Å². The van der Waals surface area contributed by atoms with Gasteiger partial charge in [0.1, 0.15) is 18.0 Å². The summed E-state index contributed by atoms with van der Waals surface area (Å²) < 4.78 is 62.2. The van der Waals surface area contributed by atoms with Crippen molar-refractivity contribution in [3.8, 4) is 0 Å². The third-order valence-corrected chi connectivity index (χ3v) is 6.54. The molecule has 11 heteroatoms. The van der Waals surface area contributed by atoms with Gasteiger partial charge in [0.15, 0.2) is 0 Å². The lowest BCUT2D eigenvalue weighted by molar-refractivity contribution is -0.130. The molecular formula is C15H22F3N5O2S. The normalized spacial score (nSPS) is 20.0. The Labute approximate surface area is 150 Å². The van der Waals surface area contributed by atoms with Gasteiger partial charge in [-0.15, -0.1) is 0 Å². The molecule has 2 aliphatic rings. The van der Waals surface area contributed by atoms with Crippen LogP contribution in [-0.4, -0.2) is 73.9 Å². The number of piperazine rings is 1. The predicted molar refractivity (Wildman–Crippen MR) is 91.7 cm³/mol. The number of nitrogens with zero attached hydrogens (tertiary/aromatic N) is 5. The van der Waals surface area contributed by atoms with Crippen molar-refractivity contribution in [1.29, 1.82) is 0 Å². The first-order valence-electron chi connectivity index (χ1n) is 8.61. The Morgan fingerprint density at radius 3 is 2.00 bits per heavy atom. The van der Waals surface area contributed by atoms with E-state index in [4.69, 9.17) is 0 Å². The molecule has 0 aliphatic carbocycles. The number of halogens is 3. The first-order valence-corrected chi connectivity index (χ1v) is 10.2. The van der Waals surface area contributed by atoms with Gasteiger partial charge in [-0.25, -0.2) is 18.4 Å². The first kappa shape index (κ1) is 19.2. The van der Waals surface area contributed by atoms with Crippen molar-refractivity contribution in [2.24, 2.45) is 0 Å². The summed E-state index contributed by atoms with van der Waals surface area (Å²) in [4.78, 5) is 12.7. The fourth-order valence-electron chi connectivity index (χ4n) is 3.20. The van der Waals surface area contributed by atoms with Gasteiger partial charge < -0.3 is 9.80 Å². The summed E-state index contributed by atoms with van der Waals surface area (Å²) in [6.07, 6.45) is -2.03. The Morgan fingerprint density at radius 1 is 0.923 bits per heavy atom. The standard InChI is InChI=1S/C15H22F3N5O2S/c16-15(17,18)3-10-26(24,25)23-8-6-22(7-9-23)14-11-13(19-12-20-14)21-4-1-2-5-21/h11-12H,1-10H2. The van der Waals surface area contributed by atoms with Gasteiger partial charge in [0.2, 0.25) is 10.0 Å². The molecule has 0 radical (unpaired) electrons. The monoisotopic (exact) mass is 393 g/mol. The van der Waals surface area contributed by atoms with Gasteiger partial charge in [-0.3, -0.25) is 0 Å². The highest BCUT2D eigenvalue weighted by atomic mass is 32.2. The minimum absolute atomic E-state index is 0.156. The summed E-state index contributed by atoms with van der Waals surface area (Å²) >= 11 is 0. The van der Waals surface area contributed by atoms with Crippen LogP contribution >= 0.6 is 0 Å². The van der Waals surface area contributed by atoms with Crippen LogP contribution in [0.4, 0.5) is 24.8 Å². The number of aromatic nitrogens is 2. The highest BCUT2D eigenvalue weighted by molar-refractivity contribution is 7.89. The largest absolute Gasteiger partial charge is 0.390 e. The quantitative estimate of drug-likeness (QED) is 0.755. The molecule has 0 N–H and O–H groups in total. The van der Waals surface area contributed by atoms with Crippen molar-refractivity contribution in [1.82, 2.24) is 14.3 Å². The highest BCUT2D eigenvalue weighted by Gasteiger charge is 2.34. The second-order valence-electron chi connectivity index (χ2n) is 6.50. The second-order valence-corrected chi connectivity index (χ2v) is 8.58. The summed E-state index contributed by atoms with van der Waals surface area (Å²) in [6.45, 7) is 3.01. The smallest absolute Gasteiger partial charge is 0.356 e. The maximum absolute atomic E-state index is 12.3. The fraction of sp³-hybridized carbons (Fsp3) is 0.733. The van der Waals surface area contributed by atoms with Gasteiger partial charge in [0.25, 0.3) is 0 Å². The maximum atomic E-state index is 12.3. The molecule has 0 aromatic carbocycles. The van der Waals surface area contributed by atoms with Crippen molar-refractivity contribution in [2.45, 2.75) is 25.4 Å². The zero-order chi connectivity index (χ0) is 18.8. The van der Waals surface area contributed by atoms with Crippen molar-refractivity contribution in [3.05, 3.63) is 12.4 Å². The van der Waals surface area contributed by atoms with E-state index in [9.17, 15) is 21.6 Å². The molecule has 0 atom stereocenters. The van der Waals surface area contributed by atoms with E-state index in [1.807, 2.05) is 11.0 Å². The molecule has 2 saturated heterocycles. The minimum Gasteiger partial charge on any atom is -0.356 e. The Balaban J connectivity index is 1.59. The Bertz CT molecular complexity index is 714. The van der Waals surface area contributed by atoms with Gasteiger partial charge in [-0.2, -0.15) is 17.5 Å². The molecular weight excluding hydrogens is 371 g/mol. The van der Waals surface area contributed by atoms with Crippen LogP contribution < -0.4 is 9.80 Å². The first-order chi connectivity index (χ1) is 12.2. The summed E-state index contributed by atoms with van der Waals surface area (Å²) in [5, 5.41) is 0. The summed E-state index contributed by atoms with van der Waals surface area (Å²) in [5.74, 6) is 0.672. The Hall–Kier alpha value is -1.62. The lowest BCUT2D eigenvalue weighted by atomic mass is 10.3. The van der Waals surface area contributed by atoms with Crippen molar-refractivity contribution < 1.29 is 21.6 Å². The van der Waals surface area contributed by atoms with E-state index in [0.717, 1.165) is 36.1 Å². The van der Waals surface area contributed by atoms with Gasteiger partial charge in [0.05, 0.1) is 12.2 Å². The number of sulfonamides is 1. The molecule has 0 bridgehead atoms. The van der Waals surface area contributed by atoms with Crippen LogP contribution in [-0.2, 0) is 10.0 Å². The lowest BCUT2D eigenvalue weighted by Gasteiger charge is -2.35. The Morgan fingerprint density at radius 2 is 1.46 bits per heavy atom. The van der Waals surface area contributed by atoms with E-state index >= 15 is 0 Å². The third-order valence-electron chi connectivity index (χ3n) is 4.67. The molecule has 2 fully saturated rings. The number of alkyl halides is 3. The second kappa shape index (κ2) is 7.55. The number of rotatable bonds is 5. The van der Waals surface area contributed by atoms with E-state index in [2.05, 4.69) is 14.9 Å². The molecule has 0 amide bonds. The van der Waals surface area contributed by atoms with Crippen LogP contribution in [0.3, 0.4) is 0 Å². The van der Waals surface area contributed by atoms with Crippen molar-refractivity contribution in [3.63, 3.8) is 0 Å². The van der Waals surface area contributed by atoms with E-state index in [0.29, 0.717) is 18.9 Å². The van der Waals surface area contributed by atoms with Crippen molar-refractivity contribution in [2.75, 3.05) is 54.8 Å². The van der Waals surface area contributed by atoms with Gasteiger partial charge in [-0.05, 0) is 12.8 Å². The van der Waals surface area contributed by atoms with Crippen molar-refractivity contribution >= 4 is 21.7 Å². The van der Waals surface area contributed by atoms with Gasteiger partial charge in [-0.1, -0.05) is 0 Å². The molecule has 1 aromatic rings. The van der Waals surface area contributed by atoms with Crippen LogP contribution in [0.15, 0.2) is 12.4 Å². The molecule has 2 aliphatic heterocycles. The van der Waals surface area contributed by atoms with Crippen LogP contribution in [0, 0.1) is 0 Å². The number of hydrogen-bond donors (Lipinski definition) is 0. The topological polar surface area (TPSA) is 69.6 Å². The summed E-state index contributed by atoms with van der Waals surface area (Å²) in [6, 6.07) is 1.89. The molecule has 3 rings (SSSR count). The van der Waals surface area contributed by atoms with E-state index in [1.54, 1.807) is 0 Å². The molecule has 7 nitrogen and oxygen atoms in total. The summed E-state index contributed by atoms with van der Waals surface area (Å²) in [5.41, 5.74) is 0. The average Bonchev–Trinajstić information content (AvgIpc) is 3.15. The van der Waals surface area contributed by atoms with Crippen LogP contribution in [0.1, 0.15) is 19.3 Å². The molecule has 3 heterocycles. The maximum Gasteiger partial charge on any atom is 0.390 e. The SMILES string of the molecule is O=S(=O)(CCC(F)(F)F)N1CCN(c2cc(N3CCCC3)ncn2)CC1. The lowest BCUT2D eigenvalue weighted by Crippen LogP contribution is -2.49. The minimum atomic E-state index is -4.47. The van der Waals surface area contributed by atoms with E-state index in [1.165, 1.54) is 6.33 Å². The molecule has 0 saturated carbocycles. The van der Waals surface area contributed by atoms with Gasteiger partial charge in [0, 0.05) is 45.3 Å². The molecule has 0 spiro atoms. The average molecular weight is 393 g/mol. The van der Waals surface area contributed by atoms with Crippen LogP contribution in [0.25, 0.3) is 0 Å². The number of hydrogen-bond acceptors (Lipinski definition) is 6. The third kappa shape index (κ3) is 4.76. The van der Waals surface area contributed by atoms with Gasteiger partial charge >= 0.3 is 6.18 Å². The number of anilines is 2. The zero-order valence-electron chi connectivity index (χ0n) is 14.3. The highest BCUT2D eigenvalue weighted by Crippen LogP contribution is 2.24. The molecule has 0 unspecified atom stereocenters. The van der Waals surface area contributed by atoms with E-state index < -0.39 is 28.4 Å². The Kier molecular flexibility index (Phi) is 5.56. The fourth-order valence-corrected chi connectivity index (χ4v) is 4.67. The molecule has 1 aromatic heterocycles. The zero-order valence-corrected chi connectivity index (χ0v) is 15.1. The predicted octanol–water partition coefficient (Wildman–Crippen LogP) is 1.48. The molecule has 26 heavy (non-hydrogen) atoms.